The zero-order valence-electron chi connectivity index (χ0n) is 21.9. The Labute approximate surface area is 231 Å². The van der Waals surface area contributed by atoms with E-state index in [4.69, 9.17) is 30.5 Å². The molecule has 39 heavy (non-hydrogen) atoms. The second-order valence-electron chi connectivity index (χ2n) is 8.98. The summed E-state index contributed by atoms with van der Waals surface area (Å²) in [6.45, 7) is 3.08. The number of aliphatic hydroxyl groups is 4. The number of hydrogen-bond acceptors (Lipinski definition) is 12. The standard InChI is InChI=1S/C26H35ClN2O10/c1-4-38-26(35)20-16(12-37-10-9-28-24-23(33)22(32)21(31)17(11-30)39-24)29-13(2)18(25(34)36-3)19(20)14-7-5-6-8-15(14)27/h5-8,17,19,21-24,28-33H,4,9-12H2,1-3H3/t17-,19-,21+,22+,23-,24-/m1/s1. The van der Waals surface area contributed by atoms with Gasteiger partial charge in [0.25, 0.3) is 0 Å². The van der Waals surface area contributed by atoms with Crippen LogP contribution in [0.5, 0.6) is 0 Å². The van der Waals surface area contributed by atoms with E-state index >= 15 is 0 Å². The summed E-state index contributed by atoms with van der Waals surface area (Å²) in [6.07, 6.45) is -6.47. The molecule has 1 aromatic carbocycles. The molecular formula is C26H35ClN2O10. The number of ether oxygens (including phenoxy) is 4. The van der Waals surface area contributed by atoms with Crippen LogP contribution in [0, 0.1) is 0 Å². The average molecular weight is 571 g/mol. The predicted octanol–water partition coefficient (Wildman–Crippen LogP) is -0.303. The minimum atomic E-state index is -1.50. The summed E-state index contributed by atoms with van der Waals surface area (Å²) < 4.78 is 21.5. The fourth-order valence-electron chi connectivity index (χ4n) is 4.58. The molecule has 0 bridgehead atoms. The molecule has 216 valence electrons. The molecule has 12 nitrogen and oxygen atoms in total. The van der Waals surface area contributed by atoms with Crippen LogP contribution in [-0.4, -0.2) is 103 Å². The Morgan fingerprint density at radius 1 is 1.10 bits per heavy atom. The van der Waals surface area contributed by atoms with Crippen molar-refractivity contribution in [2.75, 3.05) is 40.1 Å². The second-order valence-corrected chi connectivity index (χ2v) is 9.39. The number of carbonyl (C=O) groups excluding carboxylic acids is 2. The van der Waals surface area contributed by atoms with E-state index in [2.05, 4.69) is 10.6 Å². The number of carbonyl (C=O) groups is 2. The van der Waals surface area contributed by atoms with Gasteiger partial charge in [-0.2, -0.15) is 0 Å². The van der Waals surface area contributed by atoms with Crippen molar-refractivity contribution in [1.82, 2.24) is 10.6 Å². The first-order valence-electron chi connectivity index (χ1n) is 12.5. The minimum absolute atomic E-state index is 0.0722. The van der Waals surface area contributed by atoms with Gasteiger partial charge in [0.1, 0.15) is 30.6 Å². The Kier molecular flexibility index (Phi) is 11.3. The van der Waals surface area contributed by atoms with Crippen molar-refractivity contribution in [1.29, 1.82) is 0 Å². The zero-order valence-corrected chi connectivity index (χ0v) is 22.7. The molecule has 1 fully saturated rings. The van der Waals surface area contributed by atoms with Crippen molar-refractivity contribution >= 4 is 23.5 Å². The fraction of sp³-hybridized carbons (Fsp3) is 0.538. The van der Waals surface area contributed by atoms with Crippen LogP contribution in [0.3, 0.4) is 0 Å². The molecule has 13 heteroatoms. The number of allylic oxidation sites excluding steroid dienone is 1. The van der Waals surface area contributed by atoms with Gasteiger partial charge in [0.15, 0.2) is 0 Å². The van der Waals surface area contributed by atoms with E-state index in [9.17, 15) is 30.0 Å². The van der Waals surface area contributed by atoms with E-state index in [1.165, 1.54) is 7.11 Å². The third-order valence-electron chi connectivity index (χ3n) is 6.49. The van der Waals surface area contributed by atoms with E-state index in [-0.39, 0.29) is 37.5 Å². The third kappa shape index (κ3) is 6.97. The molecule has 0 unspecified atom stereocenters. The summed E-state index contributed by atoms with van der Waals surface area (Å²) in [4.78, 5) is 26.0. The summed E-state index contributed by atoms with van der Waals surface area (Å²) >= 11 is 6.49. The molecule has 0 aliphatic carbocycles. The molecule has 0 saturated carbocycles. The van der Waals surface area contributed by atoms with Crippen molar-refractivity contribution in [3.05, 3.63) is 57.4 Å². The molecule has 0 amide bonds. The van der Waals surface area contributed by atoms with Gasteiger partial charge in [-0.3, -0.25) is 5.32 Å². The number of benzene rings is 1. The molecule has 2 heterocycles. The van der Waals surface area contributed by atoms with Gasteiger partial charge in [0.2, 0.25) is 0 Å². The lowest BCUT2D eigenvalue weighted by Crippen LogP contribution is -2.62. The highest BCUT2D eigenvalue weighted by atomic mass is 35.5. The van der Waals surface area contributed by atoms with Gasteiger partial charge < -0.3 is 44.7 Å². The van der Waals surface area contributed by atoms with Crippen LogP contribution >= 0.6 is 11.6 Å². The summed E-state index contributed by atoms with van der Waals surface area (Å²) in [6, 6.07) is 6.86. The van der Waals surface area contributed by atoms with Crippen LogP contribution in [0.4, 0.5) is 0 Å². The van der Waals surface area contributed by atoms with Crippen LogP contribution < -0.4 is 10.6 Å². The zero-order chi connectivity index (χ0) is 28.7. The monoisotopic (exact) mass is 570 g/mol. The molecule has 3 rings (SSSR count). The van der Waals surface area contributed by atoms with Crippen molar-refractivity contribution in [2.45, 2.75) is 50.4 Å². The number of rotatable bonds is 11. The number of dihydropyridines is 1. The number of esters is 2. The van der Waals surface area contributed by atoms with E-state index in [1.807, 2.05) is 0 Å². The number of nitrogens with one attached hydrogen (secondary N) is 2. The van der Waals surface area contributed by atoms with Crippen LogP contribution in [0.1, 0.15) is 25.3 Å². The van der Waals surface area contributed by atoms with Gasteiger partial charge in [0, 0.05) is 17.3 Å². The maximum atomic E-state index is 13.2. The van der Waals surface area contributed by atoms with E-state index < -0.39 is 55.1 Å². The SMILES string of the molecule is CCOC(=O)C1=C(COCCN[C@@H]2O[C@H](CO)[C@H](O)[C@H](O)[C@H]2O)NC(C)=C(C(=O)OC)[C@H]1c1ccccc1Cl. The third-order valence-corrected chi connectivity index (χ3v) is 6.84. The number of aliphatic hydroxyl groups excluding tert-OH is 4. The van der Waals surface area contributed by atoms with E-state index in [0.29, 0.717) is 22.0 Å². The lowest BCUT2D eigenvalue weighted by Gasteiger charge is -2.40. The molecule has 6 atom stereocenters. The average Bonchev–Trinajstić information content (AvgIpc) is 2.92. The van der Waals surface area contributed by atoms with Crippen LogP contribution in [0.15, 0.2) is 46.8 Å². The summed E-state index contributed by atoms with van der Waals surface area (Å²) in [7, 11) is 1.25. The van der Waals surface area contributed by atoms with Gasteiger partial charge in [-0.25, -0.2) is 9.59 Å². The van der Waals surface area contributed by atoms with Crippen molar-refractivity contribution in [3.8, 4) is 0 Å². The smallest absolute Gasteiger partial charge is 0.336 e. The van der Waals surface area contributed by atoms with Crippen LogP contribution in [0.2, 0.25) is 5.02 Å². The van der Waals surface area contributed by atoms with Crippen LogP contribution in [-0.2, 0) is 28.5 Å². The lowest BCUT2D eigenvalue weighted by molar-refractivity contribution is -0.236. The highest BCUT2D eigenvalue weighted by Gasteiger charge is 2.43. The maximum absolute atomic E-state index is 13.2. The largest absolute Gasteiger partial charge is 0.466 e. The molecule has 0 spiro atoms. The normalized spacial score (nSPS) is 27.3. The molecular weight excluding hydrogens is 536 g/mol. The van der Waals surface area contributed by atoms with Gasteiger partial charge in [0.05, 0.1) is 56.3 Å². The Balaban J connectivity index is 1.80. The Morgan fingerprint density at radius 2 is 1.82 bits per heavy atom. The predicted molar refractivity (Wildman–Crippen MR) is 138 cm³/mol. The van der Waals surface area contributed by atoms with Crippen molar-refractivity contribution in [3.63, 3.8) is 0 Å². The maximum Gasteiger partial charge on any atom is 0.336 e. The molecule has 0 radical (unpaired) electrons. The molecule has 6 N–H and O–H groups in total. The summed E-state index contributed by atoms with van der Waals surface area (Å²) in [5.41, 5.74) is 1.71. The van der Waals surface area contributed by atoms with Gasteiger partial charge in [-0.05, 0) is 25.5 Å². The highest BCUT2D eigenvalue weighted by Crippen LogP contribution is 2.41. The first-order chi connectivity index (χ1) is 18.7. The Bertz CT molecular complexity index is 1090. The molecule has 2 aliphatic rings. The summed E-state index contributed by atoms with van der Waals surface area (Å²) in [5.74, 6) is -2.16. The lowest BCUT2D eigenvalue weighted by atomic mass is 9.80. The first kappa shape index (κ1) is 31.0. The quantitative estimate of drug-likeness (QED) is 0.151. The van der Waals surface area contributed by atoms with Crippen molar-refractivity contribution in [2.24, 2.45) is 0 Å². The van der Waals surface area contributed by atoms with Gasteiger partial charge in [-0.1, -0.05) is 29.8 Å². The van der Waals surface area contributed by atoms with Crippen molar-refractivity contribution < 1.29 is 49.0 Å². The number of hydrogen-bond donors (Lipinski definition) is 6. The number of methoxy groups -OCH3 is 1. The van der Waals surface area contributed by atoms with E-state index in [0.717, 1.165) is 0 Å². The second kappa shape index (κ2) is 14.2. The number of halogens is 1. The topological polar surface area (TPSA) is 176 Å². The van der Waals surface area contributed by atoms with Gasteiger partial charge >= 0.3 is 11.9 Å². The van der Waals surface area contributed by atoms with E-state index in [1.54, 1.807) is 38.1 Å². The first-order valence-corrected chi connectivity index (χ1v) is 12.9. The highest BCUT2D eigenvalue weighted by molar-refractivity contribution is 6.31. The van der Waals surface area contributed by atoms with Crippen LogP contribution in [0.25, 0.3) is 0 Å². The molecule has 1 saturated heterocycles. The molecule has 1 aromatic rings. The molecule has 2 aliphatic heterocycles. The van der Waals surface area contributed by atoms with Gasteiger partial charge in [-0.15, -0.1) is 0 Å². The Morgan fingerprint density at radius 3 is 2.46 bits per heavy atom. The minimum Gasteiger partial charge on any atom is -0.466 e. The fourth-order valence-corrected chi connectivity index (χ4v) is 4.82. The summed E-state index contributed by atoms with van der Waals surface area (Å²) in [5, 5.41) is 45.6. The molecule has 0 aromatic heterocycles. The Hall–Kier alpha value is -2.55.